The number of fused-ring (bicyclic) bond motifs is 1. The summed E-state index contributed by atoms with van der Waals surface area (Å²) in [6.45, 7) is 1.92. The van der Waals surface area contributed by atoms with Crippen molar-refractivity contribution in [1.82, 2.24) is 0 Å². The minimum Gasteiger partial charge on any atom is -0.495 e. The number of carbonyl (C=O) groups excluding carboxylic acids is 1. The van der Waals surface area contributed by atoms with E-state index in [1.807, 2.05) is 6.92 Å². The summed E-state index contributed by atoms with van der Waals surface area (Å²) in [5.41, 5.74) is 1.69. The molecular weight excluding hydrogens is 200 g/mol. The van der Waals surface area contributed by atoms with E-state index < -0.39 is 0 Å². The number of methoxy groups -OCH3 is 1. The Balaban J connectivity index is 2.58. The van der Waals surface area contributed by atoms with Gasteiger partial charge in [-0.05, 0) is 24.1 Å². The lowest BCUT2D eigenvalue weighted by molar-refractivity contribution is 0.0946. The third kappa shape index (κ3) is 1.22. The van der Waals surface area contributed by atoms with Gasteiger partial charge in [0.15, 0.2) is 5.78 Å². The molecule has 0 radical (unpaired) electrons. The van der Waals surface area contributed by atoms with Gasteiger partial charge in [0.1, 0.15) is 5.75 Å². The molecule has 0 N–H and O–H groups in total. The van der Waals surface area contributed by atoms with E-state index in [1.54, 1.807) is 19.2 Å². The molecule has 1 aliphatic carbocycles. The summed E-state index contributed by atoms with van der Waals surface area (Å²) in [6, 6.07) is 3.54. The predicted octanol–water partition coefficient (Wildman–Crippen LogP) is 2.72. The van der Waals surface area contributed by atoms with Crippen molar-refractivity contribution in [2.75, 3.05) is 7.11 Å². The van der Waals surface area contributed by atoms with Crippen LogP contribution in [0.15, 0.2) is 12.1 Å². The molecule has 2 rings (SSSR count). The van der Waals surface area contributed by atoms with E-state index in [-0.39, 0.29) is 11.7 Å². The van der Waals surface area contributed by atoms with E-state index in [0.29, 0.717) is 10.8 Å². The Bertz CT molecular complexity index is 399. The summed E-state index contributed by atoms with van der Waals surface area (Å²) in [5, 5.41) is 0.586. The SMILES string of the molecule is COc1ccc2c(c1Cl)CC(C)C2=O. The molecule has 14 heavy (non-hydrogen) atoms. The monoisotopic (exact) mass is 210 g/mol. The summed E-state index contributed by atoms with van der Waals surface area (Å²) in [4.78, 5) is 11.6. The lowest BCUT2D eigenvalue weighted by Gasteiger charge is -2.06. The van der Waals surface area contributed by atoms with Gasteiger partial charge in [0.2, 0.25) is 0 Å². The maximum atomic E-state index is 11.6. The number of benzene rings is 1. The van der Waals surface area contributed by atoms with Crippen LogP contribution in [0.2, 0.25) is 5.02 Å². The van der Waals surface area contributed by atoms with Gasteiger partial charge in [0.05, 0.1) is 12.1 Å². The van der Waals surface area contributed by atoms with E-state index in [1.165, 1.54) is 0 Å². The molecule has 2 nitrogen and oxygen atoms in total. The zero-order chi connectivity index (χ0) is 10.3. The van der Waals surface area contributed by atoms with Crippen molar-refractivity contribution in [3.8, 4) is 5.75 Å². The Hall–Kier alpha value is -1.02. The number of ketones is 1. The second kappa shape index (κ2) is 3.28. The van der Waals surface area contributed by atoms with Gasteiger partial charge >= 0.3 is 0 Å². The maximum absolute atomic E-state index is 11.6. The maximum Gasteiger partial charge on any atom is 0.166 e. The Kier molecular flexibility index (Phi) is 2.23. The van der Waals surface area contributed by atoms with Gasteiger partial charge in [-0.1, -0.05) is 18.5 Å². The summed E-state index contributed by atoms with van der Waals surface area (Å²) < 4.78 is 5.10. The van der Waals surface area contributed by atoms with Gasteiger partial charge in [-0.2, -0.15) is 0 Å². The number of halogens is 1. The Morgan fingerprint density at radius 2 is 2.21 bits per heavy atom. The van der Waals surface area contributed by atoms with Crippen LogP contribution >= 0.6 is 11.6 Å². The van der Waals surface area contributed by atoms with Gasteiger partial charge in [0, 0.05) is 11.5 Å². The van der Waals surface area contributed by atoms with E-state index >= 15 is 0 Å². The number of ether oxygens (including phenoxy) is 1. The summed E-state index contributed by atoms with van der Waals surface area (Å²) in [6.07, 6.45) is 0.726. The zero-order valence-electron chi connectivity index (χ0n) is 8.13. The molecule has 0 fully saturated rings. The molecule has 0 saturated heterocycles. The van der Waals surface area contributed by atoms with E-state index in [0.717, 1.165) is 17.5 Å². The van der Waals surface area contributed by atoms with Crippen LogP contribution in [0, 0.1) is 5.92 Å². The highest BCUT2D eigenvalue weighted by atomic mass is 35.5. The molecule has 1 aliphatic rings. The number of carbonyl (C=O) groups is 1. The number of rotatable bonds is 1. The van der Waals surface area contributed by atoms with E-state index in [9.17, 15) is 4.79 Å². The van der Waals surface area contributed by atoms with Crippen LogP contribution in [-0.4, -0.2) is 12.9 Å². The average Bonchev–Trinajstić information content (AvgIpc) is 2.46. The molecule has 1 aromatic carbocycles. The molecule has 1 unspecified atom stereocenters. The molecule has 74 valence electrons. The normalized spacial score (nSPS) is 19.6. The lowest BCUT2D eigenvalue weighted by Crippen LogP contribution is -2.02. The fraction of sp³-hybridized carbons (Fsp3) is 0.364. The molecule has 0 aliphatic heterocycles. The zero-order valence-corrected chi connectivity index (χ0v) is 8.89. The second-order valence-corrected chi connectivity index (χ2v) is 3.96. The molecule has 0 spiro atoms. The molecule has 1 atom stereocenters. The fourth-order valence-corrected chi connectivity index (χ4v) is 2.17. The third-order valence-corrected chi connectivity index (χ3v) is 3.07. The fourth-order valence-electron chi connectivity index (χ4n) is 1.85. The molecule has 3 heteroatoms. The van der Waals surface area contributed by atoms with Gasteiger partial charge in [-0.15, -0.1) is 0 Å². The highest BCUT2D eigenvalue weighted by molar-refractivity contribution is 6.33. The summed E-state index contributed by atoms with van der Waals surface area (Å²) >= 11 is 6.11. The van der Waals surface area contributed by atoms with Crippen LogP contribution in [0.25, 0.3) is 0 Å². The predicted molar refractivity (Wildman–Crippen MR) is 55.2 cm³/mol. The molecule has 0 aromatic heterocycles. The van der Waals surface area contributed by atoms with Crippen molar-refractivity contribution in [3.63, 3.8) is 0 Å². The summed E-state index contributed by atoms with van der Waals surface area (Å²) in [5.74, 6) is 0.881. The van der Waals surface area contributed by atoms with Crippen LogP contribution in [-0.2, 0) is 6.42 Å². The molecule has 0 amide bonds. The smallest absolute Gasteiger partial charge is 0.166 e. The van der Waals surface area contributed by atoms with Gasteiger partial charge < -0.3 is 4.74 Å². The first kappa shape index (κ1) is 9.53. The van der Waals surface area contributed by atoms with Crippen molar-refractivity contribution < 1.29 is 9.53 Å². The first-order valence-corrected chi connectivity index (χ1v) is 4.92. The number of hydrogen-bond acceptors (Lipinski definition) is 2. The van der Waals surface area contributed by atoms with Crippen molar-refractivity contribution in [2.24, 2.45) is 5.92 Å². The van der Waals surface area contributed by atoms with Crippen LogP contribution in [0.1, 0.15) is 22.8 Å². The lowest BCUT2D eigenvalue weighted by atomic mass is 10.1. The number of hydrogen-bond donors (Lipinski definition) is 0. The van der Waals surface area contributed by atoms with Crippen LogP contribution in [0.5, 0.6) is 5.75 Å². The Labute approximate surface area is 87.8 Å². The van der Waals surface area contributed by atoms with Crippen molar-refractivity contribution in [2.45, 2.75) is 13.3 Å². The molecule has 0 bridgehead atoms. The first-order chi connectivity index (χ1) is 6.65. The summed E-state index contributed by atoms with van der Waals surface area (Å²) in [7, 11) is 1.58. The van der Waals surface area contributed by atoms with Gasteiger partial charge in [-0.3, -0.25) is 4.79 Å². The third-order valence-electron chi connectivity index (χ3n) is 2.65. The van der Waals surface area contributed by atoms with E-state index in [4.69, 9.17) is 16.3 Å². The largest absolute Gasteiger partial charge is 0.495 e. The Morgan fingerprint density at radius 3 is 2.86 bits per heavy atom. The highest BCUT2D eigenvalue weighted by Crippen LogP contribution is 2.37. The first-order valence-electron chi connectivity index (χ1n) is 4.54. The minimum atomic E-state index is 0.0506. The molecular formula is C11H11ClO2. The van der Waals surface area contributed by atoms with Gasteiger partial charge in [-0.25, -0.2) is 0 Å². The molecule has 0 saturated carbocycles. The topological polar surface area (TPSA) is 26.3 Å². The van der Waals surface area contributed by atoms with E-state index in [2.05, 4.69) is 0 Å². The van der Waals surface area contributed by atoms with Crippen LogP contribution in [0.4, 0.5) is 0 Å². The van der Waals surface area contributed by atoms with Crippen molar-refractivity contribution in [1.29, 1.82) is 0 Å². The van der Waals surface area contributed by atoms with Crippen molar-refractivity contribution in [3.05, 3.63) is 28.3 Å². The number of Topliss-reactive ketones (excluding diaryl/α,β-unsaturated/α-hetero) is 1. The minimum absolute atomic E-state index is 0.0506. The standard InChI is InChI=1S/C11H11ClO2/c1-6-5-8-7(11(6)13)3-4-9(14-2)10(8)12/h3-4,6H,5H2,1-2H3. The van der Waals surface area contributed by atoms with Crippen molar-refractivity contribution >= 4 is 17.4 Å². The van der Waals surface area contributed by atoms with Gasteiger partial charge in [0.25, 0.3) is 0 Å². The quantitative estimate of drug-likeness (QED) is 0.713. The molecule has 0 heterocycles. The molecule has 1 aromatic rings. The second-order valence-electron chi connectivity index (χ2n) is 3.58. The Morgan fingerprint density at radius 1 is 1.50 bits per heavy atom. The average molecular weight is 211 g/mol. The van der Waals surface area contributed by atoms with Crippen LogP contribution in [0.3, 0.4) is 0 Å². The highest BCUT2D eigenvalue weighted by Gasteiger charge is 2.29. The van der Waals surface area contributed by atoms with Crippen LogP contribution < -0.4 is 4.74 Å².